The van der Waals surface area contributed by atoms with Gasteiger partial charge in [0.05, 0.1) is 18.3 Å². The first kappa shape index (κ1) is 18.8. The van der Waals surface area contributed by atoms with Gasteiger partial charge in [-0.2, -0.15) is 5.26 Å². The fraction of sp³-hybridized carbons (Fsp3) is 0.529. The number of nitrogens with one attached hydrogen (secondary N) is 1. The zero-order valence-electron chi connectivity index (χ0n) is 15.3. The van der Waals surface area contributed by atoms with Crippen molar-refractivity contribution in [2.45, 2.75) is 33.0 Å². The molecule has 3 rings (SSSR count). The molecule has 1 N–H and O–H groups in total. The maximum Gasteiger partial charge on any atom is 0.205 e. The highest BCUT2D eigenvalue weighted by Gasteiger charge is 2.20. The first-order chi connectivity index (χ1) is 12.3. The van der Waals surface area contributed by atoms with Crippen LogP contribution in [-0.2, 0) is 6.67 Å². The van der Waals surface area contributed by atoms with Crippen molar-refractivity contribution in [2.75, 3.05) is 36.4 Å². The second-order valence-electron chi connectivity index (χ2n) is 7.31. The van der Waals surface area contributed by atoms with Crippen LogP contribution >= 0.6 is 23.6 Å². The van der Waals surface area contributed by atoms with Crippen molar-refractivity contribution in [3.63, 3.8) is 0 Å². The van der Waals surface area contributed by atoms with Gasteiger partial charge in [0.1, 0.15) is 5.82 Å². The van der Waals surface area contributed by atoms with Gasteiger partial charge in [-0.25, -0.2) is 9.67 Å². The van der Waals surface area contributed by atoms with Crippen molar-refractivity contribution in [1.82, 2.24) is 19.7 Å². The first-order valence-electron chi connectivity index (χ1n) is 8.54. The monoisotopic (exact) mass is 389 g/mol. The van der Waals surface area contributed by atoms with Crippen molar-refractivity contribution < 1.29 is 0 Å². The molecule has 0 radical (unpaired) electrons. The smallest absolute Gasteiger partial charge is 0.205 e. The van der Waals surface area contributed by atoms with Gasteiger partial charge >= 0.3 is 0 Å². The third-order valence-corrected chi connectivity index (χ3v) is 5.22. The Balaban J connectivity index is 1.59. The van der Waals surface area contributed by atoms with Gasteiger partial charge in [-0.3, -0.25) is 4.90 Å². The molecular formula is C17H23N7S2. The summed E-state index contributed by atoms with van der Waals surface area (Å²) in [6, 6.07) is 5.74. The van der Waals surface area contributed by atoms with Gasteiger partial charge in [0.2, 0.25) is 5.13 Å². The zero-order chi connectivity index (χ0) is 18.7. The van der Waals surface area contributed by atoms with E-state index in [1.165, 1.54) is 11.3 Å². The van der Waals surface area contributed by atoms with Crippen LogP contribution < -0.4 is 10.2 Å². The summed E-state index contributed by atoms with van der Waals surface area (Å²) in [6.45, 7) is 10.6. The molecule has 0 amide bonds. The molecule has 2 aromatic rings. The fourth-order valence-electron chi connectivity index (χ4n) is 2.74. The predicted molar refractivity (Wildman–Crippen MR) is 107 cm³/mol. The number of piperazine rings is 1. The molecule has 0 spiro atoms. The number of anilines is 2. The molecule has 1 aliphatic heterocycles. The summed E-state index contributed by atoms with van der Waals surface area (Å²) in [7, 11) is 0. The van der Waals surface area contributed by atoms with E-state index in [1.807, 2.05) is 10.7 Å². The minimum Gasteiger partial charge on any atom is -0.356 e. The third-order valence-electron chi connectivity index (χ3n) is 3.99. The molecule has 0 aliphatic carbocycles. The van der Waals surface area contributed by atoms with Crippen LogP contribution in [0, 0.1) is 15.3 Å². The van der Waals surface area contributed by atoms with E-state index in [2.05, 4.69) is 52.0 Å². The van der Waals surface area contributed by atoms with E-state index in [0.717, 1.165) is 41.1 Å². The Morgan fingerprint density at radius 1 is 1.31 bits per heavy atom. The van der Waals surface area contributed by atoms with E-state index in [9.17, 15) is 0 Å². The largest absolute Gasteiger partial charge is 0.356 e. The van der Waals surface area contributed by atoms with Crippen molar-refractivity contribution in [2.24, 2.45) is 0 Å². The Bertz CT molecular complexity index is 851. The third kappa shape index (κ3) is 4.78. The van der Waals surface area contributed by atoms with Gasteiger partial charge in [-0.05, 0) is 45.1 Å². The van der Waals surface area contributed by atoms with Gasteiger partial charge in [-0.1, -0.05) is 11.3 Å². The highest BCUT2D eigenvalue weighted by atomic mass is 32.1. The Labute approximate surface area is 162 Å². The van der Waals surface area contributed by atoms with E-state index >= 15 is 0 Å². The number of rotatable bonds is 4. The molecule has 138 valence electrons. The molecule has 0 bridgehead atoms. The molecule has 9 heteroatoms. The van der Waals surface area contributed by atoms with Crippen LogP contribution in [0.15, 0.2) is 18.3 Å². The van der Waals surface area contributed by atoms with Gasteiger partial charge in [0.25, 0.3) is 0 Å². The quantitative estimate of drug-likeness (QED) is 0.806. The summed E-state index contributed by atoms with van der Waals surface area (Å²) in [5, 5.41) is 17.9. The van der Waals surface area contributed by atoms with E-state index in [1.54, 1.807) is 12.3 Å². The minimum atomic E-state index is -0.0337. The summed E-state index contributed by atoms with van der Waals surface area (Å²) in [4.78, 5) is 8.93. The summed E-state index contributed by atoms with van der Waals surface area (Å²) >= 11 is 6.97. The molecule has 3 heterocycles. The predicted octanol–water partition coefficient (Wildman–Crippen LogP) is 2.93. The van der Waals surface area contributed by atoms with E-state index < -0.39 is 0 Å². The van der Waals surface area contributed by atoms with E-state index in [0.29, 0.717) is 12.2 Å². The van der Waals surface area contributed by atoms with Crippen molar-refractivity contribution >= 4 is 34.5 Å². The second-order valence-corrected chi connectivity index (χ2v) is 8.93. The summed E-state index contributed by atoms with van der Waals surface area (Å²) in [5.41, 5.74) is 0.610. The Hall–Kier alpha value is -2.02. The van der Waals surface area contributed by atoms with Crippen LogP contribution in [0.3, 0.4) is 0 Å². The maximum absolute atomic E-state index is 9.04. The molecule has 26 heavy (non-hydrogen) atoms. The number of aromatic nitrogens is 3. The lowest BCUT2D eigenvalue weighted by molar-refractivity contribution is 0.195. The average molecular weight is 390 g/mol. The molecular weight excluding hydrogens is 366 g/mol. The fourth-order valence-corrected chi connectivity index (χ4v) is 3.94. The second kappa shape index (κ2) is 7.70. The van der Waals surface area contributed by atoms with E-state index in [-0.39, 0.29) is 5.54 Å². The van der Waals surface area contributed by atoms with Gasteiger partial charge in [-0.15, -0.1) is 5.10 Å². The van der Waals surface area contributed by atoms with Crippen LogP contribution in [0.1, 0.15) is 26.3 Å². The molecule has 0 aromatic carbocycles. The minimum absolute atomic E-state index is 0.0337. The zero-order valence-corrected chi connectivity index (χ0v) is 16.9. The lowest BCUT2D eigenvalue weighted by atomic mass is 10.1. The summed E-state index contributed by atoms with van der Waals surface area (Å²) in [6.07, 6.45) is 1.69. The number of pyridine rings is 1. The molecule has 1 fully saturated rings. The molecule has 1 aliphatic rings. The first-order valence-corrected chi connectivity index (χ1v) is 9.76. The van der Waals surface area contributed by atoms with Crippen LogP contribution in [0.5, 0.6) is 0 Å². The Kier molecular flexibility index (Phi) is 5.55. The lowest BCUT2D eigenvalue weighted by Crippen LogP contribution is -2.47. The number of hydrogen-bond acceptors (Lipinski definition) is 8. The maximum atomic E-state index is 9.04. The van der Waals surface area contributed by atoms with Crippen molar-refractivity contribution in [3.05, 3.63) is 27.8 Å². The molecule has 0 saturated carbocycles. The molecule has 2 aromatic heterocycles. The summed E-state index contributed by atoms with van der Waals surface area (Å²) in [5.74, 6) is 0.866. The average Bonchev–Trinajstić information content (AvgIpc) is 2.92. The van der Waals surface area contributed by atoms with E-state index in [4.69, 9.17) is 17.5 Å². The number of hydrogen-bond donors (Lipinski definition) is 1. The van der Waals surface area contributed by atoms with Crippen molar-refractivity contribution in [1.29, 1.82) is 5.26 Å². The standard InChI is InChI=1S/C17H23N7S2/c1-17(2,3)20-15-21-24(16(25)26-15)12-22-6-8-23(9-7-22)14-10-13(11-18)4-5-19-14/h4-5,10H,6-9,12H2,1-3H3,(H,20,21). The van der Waals surface area contributed by atoms with Crippen molar-refractivity contribution in [3.8, 4) is 6.07 Å². The Morgan fingerprint density at radius 3 is 2.69 bits per heavy atom. The Morgan fingerprint density at radius 2 is 2.04 bits per heavy atom. The molecule has 1 saturated heterocycles. The van der Waals surface area contributed by atoms with Crippen LogP contribution in [0.4, 0.5) is 10.9 Å². The topological polar surface area (TPSA) is 73.0 Å². The number of nitriles is 1. The molecule has 0 atom stereocenters. The normalized spacial score (nSPS) is 15.7. The SMILES string of the molecule is CC(C)(C)Nc1nn(CN2CCN(c3cc(C#N)ccn3)CC2)c(=S)s1. The van der Waals surface area contributed by atoms with Crippen LogP contribution in [0.2, 0.25) is 0 Å². The molecule has 0 unspecified atom stereocenters. The summed E-state index contributed by atoms with van der Waals surface area (Å²) < 4.78 is 2.67. The van der Waals surface area contributed by atoms with Gasteiger partial charge in [0.15, 0.2) is 3.95 Å². The van der Waals surface area contributed by atoms with Gasteiger partial charge in [0, 0.05) is 37.9 Å². The van der Waals surface area contributed by atoms with Crippen LogP contribution in [-0.4, -0.2) is 51.4 Å². The lowest BCUT2D eigenvalue weighted by Gasteiger charge is -2.35. The highest BCUT2D eigenvalue weighted by molar-refractivity contribution is 7.73. The number of nitrogens with zero attached hydrogens (tertiary/aromatic N) is 6. The van der Waals surface area contributed by atoms with Crippen LogP contribution in [0.25, 0.3) is 0 Å². The highest BCUT2D eigenvalue weighted by Crippen LogP contribution is 2.20. The molecule has 7 nitrogen and oxygen atoms in total. The van der Waals surface area contributed by atoms with Gasteiger partial charge < -0.3 is 10.2 Å².